The molecule has 0 saturated heterocycles. The van der Waals surface area contributed by atoms with Crippen molar-refractivity contribution in [2.45, 2.75) is 25.8 Å². The lowest BCUT2D eigenvalue weighted by atomic mass is 10.1. The van der Waals surface area contributed by atoms with Gasteiger partial charge in [-0.1, -0.05) is 6.07 Å². The molecule has 2 nitrogen and oxygen atoms in total. The number of benzene rings is 1. The monoisotopic (exact) mass is 239 g/mol. The van der Waals surface area contributed by atoms with Gasteiger partial charge < -0.3 is 4.90 Å². The predicted octanol–water partition coefficient (Wildman–Crippen LogP) is 2.84. The first kappa shape index (κ1) is 12.0. The number of carbonyl (C=O) groups excluding carboxylic acids is 1. The average molecular weight is 239 g/mol. The van der Waals surface area contributed by atoms with Gasteiger partial charge in [0.05, 0.1) is 5.56 Å². The van der Waals surface area contributed by atoms with Crippen molar-refractivity contribution in [1.82, 2.24) is 4.90 Å². The number of amides is 1. The number of carbonyl (C=O) groups is 1. The summed E-state index contributed by atoms with van der Waals surface area (Å²) in [7, 11) is 1.63. The fourth-order valence-corrected chi connectivity index (χ4v) is 1.94. The number of rotatable bonds is 3. The Balaban J connectivity index is 2.21. The number of hydrogen-bond donors (Lipinski definition) is 0. The van der Waals surface area contributed by atoms with E-state index in [0.717, 1.165) is 18.9 Å². The van der Waals surface area contributed by atoms with Crippen LogP contribution < -0.4 is 0 Å². The third-order valence-corrected chi connectivity index (χ3v) is 3.42. The molecule has 1 aromatic carbocycles. The van der Waals surface area contributed by atoms with Gasteiger partial charge >= 0.3 is 0 Å². The molecule has 4 heteroatoms. The van der Waals surface area contributed by atoms with Crippen LogP contribution in [0.3, 0.4) is 0 Å². The summed E-state index contributed by atoms with van der Waals surface area (Å²) >= 11 is 0. The summed E-state index contributed by atoms with van der Waals surface area (Å²) in [5, 5.41) is 0. The molecule has 0 N–H and O–H groups in total. The largest absolute Gasteiger partial charge is 0.339 e. The SMILES string of the molecule is CC(C1CC1)N(C)C(=O)c1cccc(F)c1F. The molecule has 0 heterocycles. The Morgan fingerprint density at radius 3 is 2.65 bits per heavy atom. The minimum atomic E-state index is -1.06. The normalized spacial score (nSPS) is 16.7. The maximum atomic E-state index is 13.5. The first-order valence-corrected chi connectivity index (χ1v) is 5.73. The second kappa shape index (κ2) is 4.43. The molecule has 1 atom stereocenters. The van der Waals surface area contributed by atoms with Gasteiger partial charge in [-0.3, -0.25) is 4.79 Å². The molecule has 0 aliphatic heterocycles. The van der Waals surface area contributed by atoms with Crippen LogP contribution in [0.2, 0.25) is 0 Å². The Kier molecular flexibility index (Phi) is 3.13. The summed E-state index contributed by atoms with van der Waals surface area (Å²) < 4.78 is 26.5. The van der Waals surface area contributed by atoms with Crippen LogP contribution in [0, 0.1) is 17.6 Å². The lowest BCUT2D eigenvalue weighted by Gasteiger charge is -2.25. The van der Waals surface area contributed by atoms with Gasteiger partial charge in [-0.05, 0) is 37.8 Å². The summed E-state index contributed by atoms with van der Waals surface area (Å²) in [6.07, 6.45) is 2.20. The van der Waals surface area contributed by atoms with Crippen LogP contribution in [0.4, 0.5) is 8.78 Å². The average Bonchev–Trinajstić information content (AvgIpc) is 3.14. The van der Waals surface area contributed by atoms with Crippen molar-refractivity contribution < 1.29 is 13.6 Å². The Morgan fingerprint density at radius 1 is 1.41 bits per heavy atom. The van der Waals surface area contributed by atoms with Crippen molar-refractivity contribution in [2.24, 2.45) is 5.92 Å². The molecule has 17 heavy (non-hydrogen) atoms. The Hall–Kier alpha value is -1.45. The molecule has 0 radical (unpaired) electrons. The predicted molar refractivity (Wildman–Crippen MR) is 60.6 cm³/mol. The summed E-state index contributed by atoms with van der Waals surface area (Å²) in [4.78, 5) is 13.5. The third kappa shape index (κ3) is 2.30. The van der Waals surface area contributed by atoms with Crippen molar-refractivity contribution >= 4 is 5.91 Å². The van der Waals surface area contributed by atoms with Crippen molar-refractivity contribution in [1.29, 1.82) is 0 Å². The van der Waals surface area contributed by atoms with Crippen LogP contribution in [0.25, 0.3) is 0 Å². The molecule has 2 rings (SSSR count). The molecule has 92 valence electrons. The van der Waals surface area contributed by atoms with Gasteiger partial charge in [-0.25, -0.2) is 8.78 Å². The van der Waals surface area contributed by atoms with E-state index in [9.17, 15) is 13.6 Å². The molecule has 1 aliphatic carbocycles. The molecule has 1 aromatic rings. The molecule has 1 unspecified atom stereocenters. The fourth-order valence-electron chi connectivity index (χ4n) is 1.94. The van der Waals surface area contributed by atoms with Crippen LogP contribution in [0.5, 0.6) is 0 Å². The van der Waals surface area contributed by atoms with Crippen LogP contribution in [0.1, 0.15) is 30.1 Å². The lowest BCUT2D eigenvalue weighted by Crippen LogP contribution is -2.37. The fraction of sp³-hybridized carbons (Fsp3) is 0.462. The molecular weight excluding hydrogens is 224 g/mol. The second-order valence-corrected chi connectivity index (χ2v) is 4.60. The zero-order valence-corrected chi connectivity index (χ0v) is 9.91. The number of halogens is 2. The Labute approximate surface area is 99.2 Å². The van der Waals surface area contributed by atoms with Crippen molar-refractivity contribution in [3.05, 3.63) is 35.4 Å². The first-order valence-electron chi connectivity index (χ1n) is 5.73. The molecule has 1 aliphatic rings. The smallest absolute Gasteiger partial charge is 0.256 e. The second-order valence-electron chi connectivity index (χ2n) is 4.60. The molecular formula is C13H15F2NO. The van der Waals surface area contributed by atoms with E-state index in [-0.39, 0.29) is 11.6 Å². The van der Waals surface area contributed by atoms with E-state index < -0.39 is 17.5 Å². The number of nitrogens with zero attached hydrogens (tertiary/aromatic N) is 1. The van der Waals surface area contributed by atoms with Gasteiger partial charge in [0.15, 0.2) is 11.6 Å². The van der Waals surface area contributed by atoms with Gasteiger partial charge in [0.2, 0.25) is 0 Å². The number of hydrogen-bond acceptors (Lipinski definition) is 1. The maximum absolute atomic E-state index is 13.5. The lowest BCUT2D eigenvalue weighted by molar-refractivity contribution is 0.0721. The Bertz CT molecular complexity index is 443. The molecule has 0 aromatic heterocycles. The molecule has 0 spiro atoms. The molecule has 0 bridgehead atoms. The Morgan fingerprint density at radius 2 is 2.06 bits per heavy atom. The maximum Gasteiger partial charge on any atom is 0.256 e. The van der Waals surface area contributed by atoms with Crippen LogP contribution >= 0.6 is 0 Å². The van der Waals surface area contributed by atoms with Crippen molar-refractivity contribution in [3.8, 4) is 0 Å². The zero-order valence-electron chi connectivity index (χ0n) is 9.91. The minimum absolute atomic E-state index is 0.0742. The van der Waals surface area contributed by atoms with E-state index in [1.165, 1.54) is 17.0 Å². The highest BCUT2D eigenvalue weighted by Crippen LogP contribution is 2.35. The van der Waals surface area contributed by atoms with Crippen molar-refractivity contribution in [3.63, 3.8) is 0 Å². The summed E-state index contributed by atoms with van der Waals surface area (Å²) in [6.45, 7) is 1.94. The van der Waals surface area contributed by atoms with Gasteiger partial charge in [0.25, 0.3) is 5.91 Å². The van der Waals surface area contributed by atoms with Crippen LogP contribution in [0.15, 0.2) is 18.2 Å². The highest BCUT2D eigenvalue weighted by Gasteiger charge is 2.33. The standard InChI is InChI=1S/C13H15F2NO/c1-8(9-6-7-9)16(2)13(17)10-4-3-5-11(14)12(10)15/h3-5,8-9H,6-7H2,1-2H3. The molecule has 1 saturated carbocycles. The van der Waals surface area contributed by atoms with Gasteiger partial charge in [-0.15, -0.1) is 0 Å². The van der Waals surface area contributed by atoms with E-state index >= 15 is 0 Å². The summed E-state index contributed by atoms with van der Waals surface area (Å²) in [5.41, 5.74) is -0.194. The minimum Gasteiger partial charge on any atom is -0.339 e. The van der Waals surface area contributed by atoms with E-state index in [2.05, 4.69) is 0 Å². The van der Waals surface area contributed by atoms with Crippen molar-refractivity contribution in [2.75, 3.05) is 7.05 Å². The van der Waals surface area contributed by atoms with E-state index in [0.29, 0.717) is 5.92 Å². The van der Waals surface area contributed by atoms with E-state index in [1.54, 1.807) is 7.05 Å². The van der Waals surface area contributed by atoms with Gasteiger partial charge in [0.1, 0.15) is 0 Å². The first-order chi connectivity index (χ1) is 8.02. The highest BCUT2D eigenvalue weighted by molar-refractivity contribution is 5.94. The van der Waals surface area contributed by atoms with Crippen LogP contribution in [-0.2, 0) is 0 Å². The quantitative estimate of drug-likeness (QED) is 0.794. The van der Waals surface area contributed by atoms with Crippen LogP contribution in [-0.4, -0.2) is 23.9 Å². The van der Waals surface area contributed by atoms with Gasteiger partial charge in [0, 0.05) is 13.1 Å². The topological polar surface area (TPSA) is 20.3 Å². The third-order valence-electron chi connectivity index (χ3n) is 3.42. The van der Waals surface area contributed by atoms with E-state index in [1.807, 2.05) is 6.92 Å². The van der Waals surface area contributed by atoms with E-state index in [4.69, 9.17) is 0 Å². The summed E-state index contributed by atoms with van der Waals surface area (Å²) in [6, 6.07) is 3.75. The zero-order chi connectivity index (χ0) is 12.6. The summed E-state index contributed by atoms with van der Waals surface area (Å²) in [5.74, 6) is -2.00. The molecule has 1 amide bonds. The molecule has 1 fully saturated rings. The van der Waals surface area contributed by atoms with Gasteiger partial charge in [-0.2, -0.15) is 0 Å². The highest BCUT2D eigenvalue weighted by atomic mass is 19.2.